The lowest BCUT2D eigenvalue weighted by Gasteiger charge is -2.25. The van der Waals surface area contributed by atoms with Crippen LogP contribution in [0.5, 0.6) is 0 Å². The lowest BCUT2D eigenvalue weighted by atomic mass is 9.79. The second kappa shape index (κ2) is 8.09. The molecule has 3 aliphatic rings. The van der Waals surface area contributed by atoms with Gasteiger partial charge in [0, 0.05) is 0 Å². The van der Waals surface area contributed by atoms with Crippen molar-refractivity contribution in [2.75, 3.05) is 0 Å². The minimum Gasteiger partial charge on any atom is -0.0763 e. The first kappa shape index (κ1) is 24.4. The highest BCUT2D eigenvalue weighted by atomic mass is 14.3. The van der Waals surface area contributed by atoms with E-state index >= 15 is 0 Å². The number of hydrogen-bond donors (Lipinski definition) is 0. The van der Waals surface area contributed by atoms with Crippen LogP contribution in [0.2, 0.25) is 0 Å². The van der Waals surface area contributed by atoms with E-state index in [0.717, 1.165) is 6.42 Å². The highest BCUT2D eigenvalue weighted by Crippen LogP contribution is 2.39. The molecular formula is C35H44. The van der Waals surface area contributed by atoms with E-state index in [2.05, 4.69) is 105 Å². The summed E-state index contributed by atoms with van der Waals surface area (Å²) in [7, 11) is 0. The topological polar surface area (TPSA) is 0 Å². The van der Waals surface area contributed by atoms with Crippen LogP contribution in [0.4, 0.5) is 0 Å². The first-order chi connectivity index (χ1) is 16.2. The lowest BCUT2D eigenvalue weighted by Crippen LogP contribution is -2.28. The number of rotatable bonds is 1. The van der Waals surface area contributed by atoms with Crippen molar-refractivity contribution in [2.24, 2.45) is 5.41 Å². The van der Waals surface area contributed by atoms with Crippen LogP contribution in [0.1, 0.15) is 117 Å². The molecule has 0 nitrogen and oxygen atoms in total. The summed E-state index contributed by atoms with van der Waals surface area (Å²) in [5, 5.41) is 5.83. The molecule has 0 spiro atoms. The van der Waals surface area contributed by atoms with Crippen LogP contribution in [0.3, 0.4) is 0 Å². The Morgan fingerprint density at radius 3 is 1.94 bits per heavy atom. The molecule has 0 heteroatoms. The molecule has 2 aromatic rings. The van der Waals surface area contributed by atoms with Crippen LogP contribution in [0.25, 0.3) is 17.2 Å². The average Bonchev–Trinajstić information content (AvgIpc) is 3.49. The van der Waals surface area contributed by atoms with E-state index in [9.17, 15) is 0 Å². The molecule has 0 N–H and O–H groups in total. The Morgan fingerprint density at radius 2 is 1.37 bits per heavy atom. The smallest absolute Gasteiger partial charge is 0.00671 e. The molecule has 0 atom stereocenters. The molecule has 1 fully saturated rings. The van der Waals surface area contributed by atoms with Gasteiger partial charge in [0.25, 0.3) is 0 Å². The van der Waals surface area contributed by atoms with Crippen molar-refractivity contribution in [3.05, 3.63) is 85.1 Å². The van der Waals surface area contributed by atoms with Crippen LogP contribution in [0.15, 0.2) is 42.0 Å². The fourth-order valence-corrected chi connectivity index (χ4v) is 6.17. The van der Waals surface area contributed by atoms with Crippen molar-refractivity contribution < 1.29 is 0 Å². The fourth-order valence-electron chi connectivity index (χ4n) is 6.17. The van der Waals surface area contributed by atoms with Gasteiger partial charge in [-0.25, -0.2) is 0 Å². The molecule has 1 saturated carbocycles. The Morgan fingerprint density at radius 1 is 0.686 bits per heavy atom. The molecule has 0 aromatic heterocycles. The molecule has 3 aliphatic carbocycles. The van der Waals surface area contributed by atoms with E-state index < -0.39 is 0 Å². The summed E-state index contributed by atoms with van der Waals surface area (Å²) in [4.78, 5) is 0. The van der Waals surface area contributed by atoms with Gasteiger partial charge in [0.15, 0.2) is 0 Å². The third-order valence-corrected chi connectivity index (χ3v) is 8.30. The molecule has 5 rings (SSSR count). The molecule has 0 radical (unpaired) electrons. The van der Waals surface area contributed by atoms with E-state index in [1.54, 1.807) is 10.8 Å². The molecule has 184 valence electrons. The summed E-state index contributed by atoms with van der Waals surface area (Å²) in [6.07, 6.45) is 13.7. The van der Waals surface area contributed by atoms with E-state index in [-0.39, 0.29) is 16.2 Å². The van der Waals surface area contributed by atoms with Gasteiger partial charge in [-0.15, -0.1) is 0 Å². The Kier molecular flexibility index (Phi) is 5.63. The van der Waals surface area contributed by atoms with Crippen molar-refractivity contribution in [3.63, 3.8) is 0 Å². The van der Waals surface area contributed by atoms with Crippen molar-refractivity contribution in [1.29, 1.82) is 0 Å². The Hall–Kier alpha value is -2.34. The number of fused-ring (bicyclic) bond motifs is 2. The van der Waals surface area contributed by atoms with Gasteiger partial charge in [0.1, 0.15) is 0 Å². The van der Waals surface area contributed by atoms with Gasteiger partial charge in [-0.1, -0.05) is 98.2 Å². The normalized spacial score (nSPS) is 17.8. The van der Waals surface area contributed by atoms with Crippen molar-refractivity contribution in [2.45, 2.75) is 105 Å². The highest BCUT2D eigenvalue weighted by molar-refractivity contribution is 5.83. The summed E-state index contributed by atoms with van der Waals surface area (Å²) in [5.41, 5.74) is 11.1. The summed E-state index contributed by atoms with van der Waals surface area (Å²) < 4.78 is 0. The Labute approximate surface area is 212 Å². The zero-order chi connectivity index (χ0) is 25.3. The third-order valence-electron chi connectivity index (χ3n) is 8.30. The zero-order valence-electron chi connectivity index (χ0n) is 23.6. The summed E-state index contributed by atoms with van der Waals surface area (Å²) in [6.45, 7) is 21.2. The predicted octanol–water partition coefficient (Wildman–Crippen LogP) is 8.20. The van der Waals surface area contributed by atoms with Crippen LogP contribution < -0.4 is 10.4 Å². The predicted molar refractivity (Wildman–Crippen MR) is 153 cm³/mol. The maximum Gasteiger partial charge on any atom is -0.00671 e. The van der Waals surface area contributed by atoms with E-state index in [1.807, 2.05) is 0 Å². The number of hydrogen-bond acceptors (Lipinski definition) is 0. The minimum absolute atomic E-state index is 0.0958. The molecule has 0 aliphatic heterocycles. The van der Waals surface area contributed by atoms with Gasteiger partial charge in [-0.2, -0.15) is 0 Å². The summed E-state index contributed by atoms with van der Waals surface area (Å²) >= 11 is 0. The molecule has 0 heterocycles. The standard InChI is InChI=1S/C35H44/c1-33(2,3)25-17-15-24(18-25)31-29-19-23-14-16-26(34(4,5)6)20-27(23)28(29)21-30(35(7,8)9)32(31)22-12-10-11-13-22/h14,16-21H,10-13,15H2,1-9H3. The summed E-state index contributed by atoms with van der Waals surface area (Å²) in [5.74, 6) is 0. The van der Waals surface area contributed by atoms with Gasteiger partial charge in [0.2, 0.25) is 0 Å². The van der Waals surface area contributed by atoms with E-state index in [1.165, 1.54) is 74.7 Å². The minimum atomic E-state index is 0.0958. The van der Waals surface area contributed by atoms with Crippen LogP contribution in [-0.2, 0) is 10.8 Å². The van der Waals surface area contributed by atoms with Crippen LogP contribution in [0, 0.1) is 15.9 Å². The first-order valence-corrected chi connectivity index (χ1v) is 13.7. The van der Waals surface area contributed by atoms with Crippen LogP contribution in [-0.4, -0.2) is 0 Å². The average molecular weight is 465 g/mol. The molecule has 0 unspecified atom stereocenters. The van der Waals surface area contributed by atoms with Gasteiger partial charge in [-0.3, -0.25) is 0 Å². The van der Waals surface area contributed by atoms with Crippen LogP contribution >= 0.6 is 0 Å². The maximum atomic E-state index is 2.57. The largest absolute Gasteiger partial charge is 0.0763 e. The molecule has 35 heavy (non-hydrogen) atoms. The first-order valence-electron chi connectivity index (χ1n) is 13.7. The lowest BCUT2D eigenvalue weighted by molar-refractivity contribution is 0.518. The zero-order valence-corrected chi connectivity index (χ0v) is 23.6. The third kappa shape index (κ3) is 4.28. The quantitative estimate of drug-likeness (QED) is 0.340. The molecule has 0 amide bonds. The maximum absolute atomic E-state index is 2.57. The summed E-state index contributed by atoms with van der Waals surface area (Å²) in [6, 6.07) is 9.74. The second-order valence-electron chi connectivity index (χ2n) is 14.2. The number of allylic oxidation sites excluding steroid dienone is 4. The van der Waals surface area contributed by atoms with E-state index in [4.69, 9.17) is 0 Å². The molecule has 2 aromatic carbocycles. The fraction of sp³-hybridized carbons (Fsp3) is 0.486. The van der Waals surface area contributed by atoms with Crippen molar-refractivity contribution in [1.82, 2.24) is 0 Å². The Balaban J connectivity index is 1.95. The van der Waals surface area contributed by atoms with Gasteiger partial charge in [0.05, 0.1) is 0 Å². The molecule has 0 bridgehead atoms. The number of benzene rings is 2. The monoisotopic (exact) mass is 464 g/mol. The van der Waals surface area contributed by atoms with Gasteiger partial charge >= 0.3 is 0 Å². The highest BCUT2D eigenvalue weighted by Gasteiger charge is 2.28. The van der Waals surface area contributed by atoms with Gasteiger partial charge < -0.3 is 0 Å². The Bertz CT molecular complexity index is 1470. The molecule has 0 saturated heterocycles. The van der Waals surface area contributed by atoms with Crippen molar-refractivity contribution >= 4 is 17.2 Å². The SMILES string of the molecule is CC(C)(C)C1=CCC(c2c3c(cc(C(C)(C)C)c2=C2CCCC2)=c2cc(C(C)(C)C)ccc2=C3)=C1. The molecular weight excluding hydrogens is 420 g/mol. The van der Waals surface area contributed by atoms with Gasteiger partial charge in [-0.05, 0) is 115 Å². The van der Waals surface area contributed by atoms with Crippen molar-refractivity contribution in [3.8, 4) is 0 Å². The van der Waals surface area contributed by atoms with E-state index in [0.29, 0.717) is 0 Å². The second-order valence-corrected chi connectivity index (χ2v) is 14.2.